The monoisotopic (exact) mass is 406 g/mol. The summed E-state index contributed by atoms with van der Waals surface area (Å²) < 4.78 is 16.0. The molecule has 3 rings (SSSR count). The van der Waals surface area contributed by atoms with Crippen LogP contribution in [0.25, 0.3) is 11.7 Å². The molecule has 3 aromatic rings. The third-order valence-corrected chi connectivity index (χ3v) is 4.93. The molecule has 156 valence electrons. The van der Waals surface area contributed by atoms with Crippen LogP contribution in [0.2, 0.25) is 0 Å². The maximum absolute atomic E-state index is 10.9. The van der Waals surface area contributed by atoms with E-state index >= 15 is 0 Å². The van der Waals surface area contributed by atoms with Crippen LogP contribution in [0.15, 0.2) is 51.5 Å². The predicted molar refractivity (Wildman–Crippen MR) is 112 cm³/mol. The van der Waals surface area contributed by atoms with Gasteiger partial charge in [0.05, 0.1) is 12.0 Å². The fourth-order valence-electron chi connectivity index (χ4n) is 3.31. The molecule has 0 aliphatic heterocycles. The summed E-state index contributed by atoms with van der Waals surface area (Å²) in [6.07, 6.45) is 5.97. The molecule has 0 bridgehead atoms. The lowest BCUT2D eigenvalue weighted by atomic mass is 10.0. The van der Waals surface area contributed by atoms with Crippen molar-refractivity contribution in [3.63, 3.8) is 0 Å². The van der Waals surface area contributed by atoms with Crippen LogP contribution in [0.1, 0.15) is 48.8 Å². The van der Waals surface area contributed by atoms with Gasteiger partial charge in [-0.3, -0.25) is 4.79 Å². The van der Waals surface area contributed by atoms with Crippen molar-refractivity contribution < 1.29 is 18.4 Å². The van der Waals surface area contributed by atoms with Gasteiger partial charge in [-0.2, -0.15) is 5.26 Å². The van der Waals surface area contributed by atoms with Crippen molar-refractivity contribution in [2.75, 3.05) is 0 Å². The van der Waals surface area contributed by atoms with Crippen molar-refractivity contribution in [3.8, 4) is 17.7 Å². The summed E-state index contributed by atoms with van der Waals surface area (Å²) >= 11 is 0. The predicted octanol–water partition coefficient (Wildman–Crippen LogP) is 5.20. The van der Waals surface area contributed by atoms with Gasteiger partial charge in [0.15, 0.2) is 11.9 Å². The number of oxazole rings is 1. The van der Waals surface area contributed by atoms with Crippen LogP contribution >= 0.6 is 0 Å². The standard InChI is InChI=1S/C24H26N2O4/c1-17-22(26-24(29-17)23-8-5-15-28-23)14-13-20-11-9-19(10-12-20)6-3-4-7-21(16-25)30-18(2)27/h5,8-12,15,21H,3-4,6-7,13-14H2,1-2H3. The fourth-order valence-corrected chi connectivity index (χ4v) is 3.31. The van der Waals surface area contributed by atoms with Gasteiger partial charge in [0, 0.05) is 6.92 Å². The molecule has 30 heavy (non-hydrogen) atoms. The van der Waals surface area contributed by atoms with Gasteiger partial charge >= 0.3 is 5.97 Å². The zero-order valence-electron chi connectivity index (χ0n) is 17.4. The molecular formula is C24H26N2O4. The van der Waals surface area contributed by atoms with Gasteiger partial charge in [-0.1, -0.05) is 24.3 Å². The Hall–Kier alpha value is -3.33. The van der Waals surface area contributed by atoms with E-state index in [-0.39, 0.29) is 0 Å². The average molecular weight is 406 g/mol. The Morgan fingerprint density at radius 2 is 1.87 bits per heavy atom. The minimum atomic E-state index is -0.641. The van der Waals surface area contributed by atoms with E-state index in [1.165, 1.54) is 18.1 Å². The first kappa shape index (κ1) is 21.4. The number of esters is 1. The molecule has 6 nitrogen and oxygen atoms in total. The normalized spacial score (nSPS) is 11.8. The SMILES string of the molecule is CC(=O)OC(C#N)CCCCc1ccc(CCc2nc(-c3ccco3)oc2C)cc1. The number of nitrogens with zero attached hydrogens (tertiary/aromatic N) is 2. The maximum atomic E-state index is 10.9. The third kappa shape index (κ3) is 6.08. The van der Waals surface area contributed by atoms with Crippen LogP contribution in [0.5, 0.6) is 0 Å². The van der Waals surface area contributed by atoms with Gasteiger partial charge in [-0.25, -0.2) is 4.98 Å². The van der Waals surface area contributed by atoms with Crippen LogP contribution in [-0.4, -0.2) is 17.1 Å². The second kappa shape index (κ2) is 10.4. The second-order valence-corrected chi connectivity index (χ2v) is 7.29. The van der Waals surface area contributed by atoms with Crippen LogP contribution < -0.4 is 0 Å². The largest absolute Gasteiger partial charge is 0.459 e. The van der Waals surface area contributed by atoms with Gasteiger partial charge in [0.2, 0.25) is 0 Å². The minimum Gasteiger partial charge on any atom is -0.459 e. The first-order valence-electron chi connectivity index (χ1n) is 10.2. The summed E-state index contributed by atoms with van der Waals surface area (Å²) in [5.41, 5.74) is 3.46. The van der Waals surface area contributed by atoms with Crippen LogP contribution in [0, 0.1) is 18.3 Å². The quantitative estimate of drug-likeness (QED) is 0.340. The van der Waals surface area contributed by atoms with E-state index in [2.05, 4.69) is 29.2 Å². The Balaban J connectivity index is 1.44. The second-order valence-electron chi connectivity index (χ2n) is 7.29. The maximum Gasteiger partial charge on any atom is 0.303 e. The molecule has 1 unspecified atom stereocenters. The summed E-state index contributed by atoms with van der Waals surface area (Å²) in [4.78, 5) is 15.5. The molecular weight excluding hydrogens is 380 g/mol. The van der Waals surface area contributed by atoms with Gasteiger partial charge < -0.3 is 13.6 Å². The molecule has 0 aliphatic carbocycles. The van der Waals surface area contributed by atoms with Gasteiger partial charge in [0.1, 0.15) is 11.8 Å². The highest BCUT2D eigenvalue weighted by atomic mass is 16.5. The summed E-state index contributed by atoms with van der Waals surface area (Å²) in [5.74, 6) is 1.58. The van der Waals surface area contributed by atoms with Gasteiger partial charge in [0.25, 0.3) is 5.89 Å². The number of aromatic nitrogens is 1. The lowest BCUT2D eigenvalue weighted by Gasteiger charge is -2.09. The smallest absolute Gasteiger partial charge is 0.303 e. The van der Waals surface area contributed by atoms with Crippen molar-refractivity contribution >= 4 is 5.97 Å². The molecule has 0 radical (unpaired) electrons. The van der Waals surface area contributed by atoms with E-state index in [9.17, 15) is 4.79 Å². The lowest BCUT2D eigenvalue weighted by Crippen LogP contribution is -2.13. The number of nitriles is 1. The molecule has 1 aromatic carbocycles. The number of carbonyl (C=O) groups is 1. The zero-order valence-corrected chi connectivity index (χ0v) is 17.4. The molecule has 0 amide bonds. The fraction of sp³-hybridized carbons (Fsp3) is 0.375. The Morgan fingerprint density at radius 3 is 2.50 bits per heavy atom. The van der Waals surface area contributed by atoms with E-state index in [4.69, 9.17) is 18.8 Å². The third-order valence-electron chi connectivity index (χ3n) is 4.93. The molecule has 2 heterocycles. The number of hydrogen-bond donors (Lipinski definition) is 0. The molecule has 2 aromatic heterocycles. The van der Waals surface area contributed by atoms with Crippen LogP contribution in [0.3, 0.4) is 0 Å². The first-order valence-corrected chi connectivity index (χ1v) is 10.2. The number of unbranched alkanes of at least 4 members (excludes halogenated alkanes) is 1. The Bertz CT molecular complexity index is 981. The number of rotatable bonds is 10. The molecule has 0 saturated carbocycles. The molecule has 1 atom stereocenters. The van der Waals surface area contributed by atoms with Gasteiger partial charge in [-0.05, 0) is 68.7 Å². The molecule has 0 fully saturated rings. The number of carbonyl (C=O) groups excluding carboxylic acids is 1. The summed E-state index contributed by atoms with van der Waals surface area (Å²) in [6, 6.07) is 14.3. The van der Waals surface area contributed by atoms with E-state index < -0.39 is 12.1 Å². The Kier molecular flexibility index (Phi) is 7.45. The molecule has 0 saturated heterocycles. The first-order chi connectivity index (χ1) is 14.5. The highest BCUT2D eigenvalue weighted by Gasteiger charge is 2.13. The van der Waals surface area contributed by atoms with E-state index in [0.29, 0.717) is 18.1 Å². The van der Waals surface area contributed by atoms with Crippen molar-refractivity contribution in [3.05, 3.63) is 65.2 Å². The number of aryl methyl sites for hydroxylation is 4. The van der Waals surface area contributed by atoms with Crippen molar-refractivity contribution in [2.45, 2.75) is 58.5 Å². The van der Waals surface area contributed by atoms with Crippen molar-refractivity contribution in [1.29, 1.82) is 5.26 Å². The number of benzene rings is 1. The summed E-state index contributed by atoms with van der Waals surface area (Å²) in [6.45, 7) is 3.25. The molecule has 0 N–H and O–H groups in total. The van der Waals surface area contributed by atoms with E-state index in [0.717, 1.165) is 43.6 Å². The average Bonchev–Trinajstić information content (AvgIpc) is 3.39. The Morgan fingerprint density at radius 1 is 1.13 bits per heavy atom. The Labute approximate surface area is 176 Å². The van der Waals surface area contributed by atoms with Crippen molar-refractivity contribution in [2.24, 2.45) is 0 Å². The highest BCUT2D eigenvalue weighted by Crippen LogP contribution is 2.23. The van der Waals surface area contributed by atoms with Gasteiger partial charge in [-0.15, -0.1) is 0 Å². The number of ether oxygens (including phenoxy) is 1. The summed E-state index contributed by atoms with van der Waals surface area (Å²) in [5, 5.41) is 8.98. The number of furan rings is 1. The van der Waals surface area contributed by atoms with E-state index in [1.54, 1.807) is 6.26 Å². The minimum absolute atomic E-state index is 0.407. The lowest BCUT2D eigenvalue weighted by molar-refractivity contribution is -0.144. The zero-order chi connectivity index (χ0) is 21.3. The summed E-state index contributed by atoms with van der Waals surface area (Å²) in [7, 11) is 0. The number of hydrogen-bond acceptors (Lipinski definition) is 6. The molecule has 0 spiro atoms. The van der Waals surface area contributed by atoms with Crippen LogP contribution in [-0.2, 0) is 28.8 Å². The molecule has 6 heteroatoms. The van der Waals surface area contributed by atoms with E-state index in [1.807, 2.05) is 25.1 Å². The highest BCUT2D eigenvalue weighted by molar-refractivity contribution is 5.66. The topological polar surface area (TPSA) is 89.3 Å². The van der Waals surface area contributed by atoms with Crippen LogP contribution in [0.4, 0.5) is 0 Å². The van der Waals surface area contributed by atoms with Crippen molar-refractivity contribution in [1.82, 2.24) is 4.98 Å². The molecule has 0 aliphatic rings.